The maximum Gasteiger partial charge on any atom is 0.226 e. The maximum atomic E-state index is 13.1. The van der Waals surface area contributed by atoms with Crippen LogP contribution in [0.25, 0.3) is 0 Å². The number of hydrogen-bond acceptors (Lipinski definition) is 2. The van der Waals surface area contributed by atoms with Gasteiger partial charge in [0.15, 0.2) is 0 Å². The quantitative estimate of drug-likeness (QED) is 0.889. The number of amides is 2. The van der Waals surface area contributed by atoms with Crippen molar-refractivity contribution in [2.24, 2.45) is 0 Å². The van der Waals surface area contributed by atoms with Crippen molar-refractivity contribution in [3.8, 4) is 0 Å². The van der Waals surface area contributed by atoms with E-state index in [-0.39, 0.29) is 18.0 Å². The molecule has 2 aromatic carbocycles. The number of hydrogen-bond donors (Lipinski definition) is 2. The second kappa shape index (κ2) is 7.49. The molecular formula is C17H16F2N2O2. The fourth-order valence-electron chi connectivity index (χ4n) is 2.21. The lowest BCUT2D eigenvalue weighted by molar-refractivity contribution is -0.120. The Morgan fingerprint density at radius 1 is 1.04 bits per heavy atom. The predicted molar refractivity (Wildman–Crippen MR) is 82.6 cm³/mol. The van der Waals surface area contributed by atoms with Crippen LogP contribution in [0.15, 0.2) is 48.5 Å². The number of benzene rings is 2. The number of nitrogens with one attached hydrogen (secondary N) is 2. The van der Waals surface area contributed by atoms with Crippen LogP contribution in [0.1, 0.15) is 24.9 Å². The fourth-order valence-corrected chi connectivity index (χ4v) is 2.21. The van der Waals surface area contributed by atoms with Crippen LogP contribution in [-0.4, -0.2) is 11.8 Å². The smallest absolute Gasteiger partial charge is 0.226 e. The highest BCUT2D eigenvalue weighted by Crippen LogP contribution is 2.19. The Balaban J connectivity index is 2.09. The van der Waals surface area contributed by atoms with Crippen LogP contribution >= 0.6 is 0 Å². The van der Waals surface area contributed by atoms with E-state index < -0.39 is 23.6 Å². The minimum atomic E-state index is -0.776. The average Bonchev–Trinajstić information content (AvgIpc) is 2.45. The Bertz CT molecular complexity index is 685. The summed E-state index contributed by atoms with van der Waals surface area (Å²) in [5, 5.41) is 5.11. The zero-order chi connectivity index (χ0) is 16.8. The van der Waals surface area contributed by atoms with Gasteiger partial charge in [0.1, 0.15) is 11.6 Å². The third-order valence-corrected chi connectivity index (χ3v) is 3.12. The van der Waals surface area contributed by atoms with Crippen LogP contribution in [0.5, 0.6) is 0 Å². The summed E-state index contributed by atoms with van der Waals surface area (Å²) in [5.74, 6) is -2.29. The van der Waals surface area contributed by atoms with Crippen LogP contribution in [0, 0.1) is 11.6 Å². The first kappa shape index (κ1) is 16.6. The van der Waals surface area contributed by atoms with E-state index in [9.17, 15) is 18.4 Å². The number of carbonyl (C=O) groups excluding carboxylic acids is 2. The van der Waals surface area contributed by atoms with E-state index in [4.69, 9.17) is 0 Å². The van der Waals surface area contributed by atoms with Crippen LogP contribution in [-0.2, 0) is 9.59 Å². The Kier molecular flexibility index (Phi) is 5.41. The molecule has 0 aliphatic carbocycles. The standard InChI is InChI=1S/C17H16F2N2O2/c1-11(22)20-16(12-5-3-2-4-6-12)10-17(23)21-15-8-13(18)7-14(19)9-15/h2-9,16H,10H2,1H3,(H,20,22)(H,21,23). The third-order valence-electron chi connectivity index (χ3n) is 3.12. The third kappa shape index (κ3) is 5.18. The Morgan fingerprint density at radius 3 is 2.22 bits per heavy atom. The summed E-state index contributed by atoms with van der Waals surface area (Å²) < 4.78 is 26.3. The van der Waals surface area contributed by atoms with Gasteiger partial charge in [0.2, 0.25) is 11.8 Å². The van der Waals surface area contributed by atoms with Crippen molar-refractivity contribution < 1.29 is 18.4 Å². The Labute approximate surface area is 132 Å². The molecular weight excluding hydrogens is 302 g/mol. The Morgan fingerprint density at radius 2 is 1.65 bits per heavy atom. The first-order chi connectivity index (χ1) is 10.9. The molecule has 0 radical (unpaired) electrons. The average molecular weight is 318 g/mol. The summed E-state index contributed by atoms with van der Waals surface area (Å²) in [5.41, 5.74) is 0.797. The highest BCUT2D eigenvalue weighted by atomic mass is 19.1. The van der Waals surface area contributed by atoms with Crippen LogP contribution in [0.2, 0.25) is 0 Å². The van der Waals surface area contributed by atoms with Gasteiger partial charge in [0, 0.05) is 18.7 Å². The molecule has 6 heteroatoms. The molecule has 1 atom stereocenters. The topological polar surface area (TPSA) is 58.2 Å². The van der Waals surface area contributed by atoms with Gasteiger partial charge in [-0.25, -0.2) is 8.78 Å². The molecule has 0 spiro atoms. The van der Waals surface area contributed by atoms with Gasteiger partial charge in [-0.15, -0.1) is 0 Å². The van der Waals surface area contributed by atoms with Gasteiger partial charge in [-0.05, 0) is 17.7 Å². The summed E-state index contributed by atoms with van der Waals surface area (Å²) >= 11 is 0. The molecule has 0 saturated carbocycles. The van der Waals surface area contributed by atoms with Crippen LogP contribution in [0.4, 0.5) is 14.5 Å². The zero-order valence-corrected chi connectivity index (χ0v) is 12.5. The van der Waals surface area contributed by atoms with E-state index >= 15 is 0 Å². The molecule has 1 unspecified atom stereocenters. The summed E-state index contributed by atoms with van der Waals surface area (Å²) in [6.07, 6.45) is -0.0538. The van der Waals surface area contributed by atoms with E-state index in [0.29, 0.717) is 0 Å². The van der Waals surface area contributed by atoms with Crippen molar-refractivity contribution in [1.29, 1.82) is 0 Å². The van der Waals surface area contributed by atoms with Crippen molar-refractivity contribution in [3.05, 3.63) is 65.7 Å². The normalized spacial score (nSPS) is 11.6. The lowest BCUT2D eigenvalue weighted by atomic mass is 10.0. The van der Waals surface area contributed by atoms with Crippen LogP contribution in [0.3, 0.4) is 0 Å². The summed E-state index contributed by atoms with van der Waals surface area (Å²) in [6, 6.07) is 11.2. The largest absolute Gasteiger partial charge is 0.349 e. The molecule has 0 heterocycles. The SMILES string of the molecule is CC(=O)NC(CC(=O)Nc1cc(F)cc(F)c1)c1ccccc1. The van der Waals surface area contributed by atoms with Gasteiger partial charge in [0.05, 0.1) is 12.5 Å². The highest BCUT2D eigenvalue weighted by molar-refractivity contribution is 5.91. The molecule has 0 fully saturated rings. The highest BCUT2D eigenvalue weighted by Gasteiger charge is 2.17. The summed E-state index contributed by atoms with van der Waals surface area (Å²) in [4.78, 5) is 23.4. The fraction of sp³-hybridized carbons (Fsp3) is 0.176. The van der Waals surface area contributed by atoms with Crippen molar-refractivity contribution >= 4 is 17.5 Å². The molecule has 0 saturated heterocycles. The minimum absolute atomic E-state index is 0.0298. The van der Waals surface area contributed by atoms with E-state index in [1.54, 1.807) is 24.3 Å². The second-order valence-electron chi connectivity index (χ2n) is 5.07. The minimum Gasteiger partial charge on any atom is -0.349 e. The van der Waals surface area contributed by atoms with Crippen LogP contribution < -0.4 is 10.6 Å². The van der Waals surface area contributed by atoms with Gasteiger partial charge in [-0.1, -0.05) is 30.3 Å². The number of anilines is 1. The molecule has 0 bridgehead atoms. The lowest BCUT2D eigenvalue weighted by Gasteiger charge is -2.18. The van der Waals surface area contributed by atoms with Crippen molar-refractivity contribution in [1.82, 2.24) is 5.32 Å². The van der Waals surface area contributed by atoms with Gasteiger partial charge >= 0.3 is 0 Å². The molecule has 0 aromatic heterocycles. The summed E-state index contributed by atoms with van der Waals surface area (Å²) in [7, 11) is 0. The van der Waals surface area contributed by atoms with Crippen molar-refractivity contribution in [2.45, 2.75) is 19.4 Å². The lowest BCUT2D eigenvalue weighted by Crippen LogP contribution is -2.29. The van der Waals surface area contributed by atoms with E-state index in [1.807, 2.05) is 6.07 Å². The molecule has 0 aliphatic heterocycles. The zero-order valence-electron chi connectivity index (χ0n) is 12.5. The number of rotatable bonds is 5. The van der Waals surface area contributed by atoms with Gasteiger partial charge in [-0.3, -0.25) is 9.59 Å². The number of carbonyl (C=O) groups is 2. The number of halogens is 2. The van der Waals surface area contributed by atoms with Gasteiger partial charge in [0.25, 0.3) is 0 Å². The first-order valence-electron chi connectivity index (χ1n) is 7.02. The van der Waals surface area contributed by atoms with Crippen molar-refractivity contribution in [3.63, 3.8) is 0 Å². The second-order valence-corrected chi connectivity index (χ2v) is 5.07. The molecule has 4 nitrogen and oxygen atoms in total. The molecule has 2 aromatic rings. The van der Waals surface area contributed by atoms with Gasteiger partial charge in [-0.2, -0.15) is 0 Å². The predicted octanol–water partition coefficient (Wildman–Crippen LogP) is 3.17. The van der Waals surface area contributed by atoms with E-state index in [2.05, 4.69) is 10.6 Å². The van der Waals surface area contributed by atoms with Gasteiger partial charge < -0.3 is 10.6 Å². The molecule has 23 heavy (non-hydrogen) atoms. The summed E-state index contributed by atoms with van der Waals surface area (Å²) in [6.45, 7) is 1.36. The molecule has 2 amide bonds. The maximum absolute atomic E-state index is 13.1. The molecule has 2 N–H and O–H groups in total. The van der Waals surface area contributed by atoms with E-state index in [0.717, 1.165) is 23.8 Å². The first-order valence-corrected chi connectivity index (χ1v) is 7.02. The van der Waals surface area contributed by atoms with E-state index in [1.165, 1.54) is 6.92 Å². The van der Waals surface area contributed by atoms with Crippen molar-refractivity contribution in [2.75, 3.05) is 5.32 Å². The molecule has 120 valence electrons. The monoisotopic (exact) mass is 318 g/mol. The molecule has 2 rings (SSSR count). The Hall–Kier alpha value is -2.76. The molecule has 0 aliphatic rings.